The third-order valence-corrected chi connectivity index (χ3v) is 7.11. The Labute approximate surface area is 143 Å². The predicted molar refractivity (Wildman–Crippen MR) is 88.8 cm³/mol. The van der Waals surface area contributed by atoms with Crippen LogP contribution in [-0.4, -0.2) is 74.6 Å². The monoisotopic (exact) mass is 367 g/mol. The second-order valence-corrected chi connectivity index (χ2v) is 8.68. The quantitative estimate of drug-likeness (QED) is 0.305. The second kappa shape index (κ2) is 9.45. The Morgan fingerprint density at radius 3 is 2.61 bits per heavy atom. The van der Waals surface area contributed by atoms with E-state index in [0.717, 1.165) is 19.3 Å². The number of unbranched alkanes of at least 4 members (excludes halogenated alkanes) is 1. The van der Waals surface area contributed by atoms with Crippen LogP contribution in [0, 0.1) is 0 Å². The Morgan fingerprint density at radius 1 is 1.17 bits per heavy atom. The standard InChI is InChI=1S/C14H25NO6S2/c16-7-9-11(18)12(19)13(20)14(21-9)15-10(17)4-2-1-3-8-5-6-22-23-8/h8-9,11-14,16,18-20H,1-7H2,(H,15,17)/t8?,9-,11+,12+,13-,14-/m1/s1. The fourth-order valence-electron chi connectivity index (χ4n) is 2.67. The molecule has 6 atom stereocenters. The predicted octanol–water partition coefficient (Wildman–Crippen LogP) is -0.383. The van der Waals surface area contributed by atoms with Crippen LogP contribution in [0.5, 0.6) is 0 Å². The van der Waals surface area contributed by atoms with Crippen molar-refractivity contribution in [3.63, 3.8) is 0 Å². The molecule has 2 saturated heterocycles. The molecule has 0 bridgehead atoms. The lowest BCUT2D eigenvalue weighted by molar-refractivity contribution is -0.236. The fraction of sp³-hybridized carbons (Fsp3) is 0.929. The molecule has 1 amide bonds. The minimum Gasteiger partial charge on any atom is -0.394 e. The third-order valence-electron chi connectivity index (χ3n) is 4.10. The summed E-state index contributed by atoms with van der Waals surface area (Å²) < 4.78 is 5.24. The van der Waals surface area contributed by atoms with Gasteiger partial charge in [0.05, 0.1) is 6.61 Å². The van der Waals surface area contributed by atoms with Crippen LogP contribution >= 0.6 is 21.6 Å². The summed E-state index contributed by atoms with van der Waals surface area (Å²) in [7, 11) is 3.82. The van der Waals surface area contributed by atoms with Gasteiger partial charge in [0.1, 0.15) is 24.4 Å². The summed E-state index contributed by atoms with van der Waals surface area (Å²) in [5.41, 5.74) is 0. The number of ether oxygens (including phenoxy) is 1. The molecule has 7 nitrogen and oxygen atoms in total. The minimum absolute atomic E-state index is 0.275. The average Bonchev–Trinajstić information content (AvgIpc) is 3.05. The normalized spacial score (nSPS) is 37.7. The van der Waals surface area contributed by atoms with Gasteiger partial charge in [-0.2, -0.15) is 0 Å². The minimum atomic E-state index is -1.47. The topological polar surface area (TPSA) is 119 Å². The summed E-state index contributed by atoms with van der Waals surface area (Å²) in [6.07, 6.45) is -2.06. The number of rotatable bonds is 7. The summed E-state index contributed by atoms with van der Waals surface area (Å²) >= 11 is 0. The molecule has 0 aromatic heterocycles. The van der Waals surface area contributed by atoms with Gasteiger partial charge in [-0.25, -0.2) is 0 Å². The number of hydrogen-bond acceptors (Lipinski definition) is 8. The van der Waals surface area contributed by atoms with Crippen molar-refractivity contribution < 1.29 is 30.0 Å². The van der Waals surface area contributed by atoms with Crippen molar-refractivity contribution in [2.24, 2.45) is 0 Å². The maximum absolute atomic E-state index is 11.9. The summed E-state index contributed by atoms with van der Waals surface area (Å²) in [6, 6.07) is 0. The number of aliphatic hydroxyl groups excluding tert-OH is 4. The van der Waals surface area contributed by atoms with E-state index < -0.39 is 37.3 Å². The first-order valence-electron chi connectivity index (χ1n) is 7.91. The van der Waals surface area contributed by atoms with E-state index >= 15 is 0 Å². The summed E-state index contributed by atoms with van der Waals surface area (Å²) in [4.78, 5) is 11.9. The molecule has 134 valence electrons. The van der Waals surface area contributed by atoms with Gasteiger partial charge < -0.3 is 30.5 Å². The zero-order valence-corrected chi connectivity index (χ0v) is 14.5. The molecule has 5 N–H and O–H groups in total. The van der Waals surface area contributed by atoms with E-state index in [1.165, 1.54) is 12.2 Å². The average molecular weight is 367 g/mol. The number of aliphatic hydroxyl groups is 4. The number of nitrogens with one attached hydrogen (secondary N) is 1. The van der Waals surface area contributed by atoms with E-state index in [1.807, 2.05) is 21.6 Å². The van der Waals surface area contributed by atoms with Gasteiger partial charge in [-0.15, -0.1) is 0 Å². The largest absolute Gasteiger partial charge is 0.394 e. The molecule has 2 heterocycles. The van der Waals surface area contributed by atoms with Gasteiger partial charge in [-0.05, 0) is 19.3 Å². The van der Waals surface area contributed by atoms with Crippen molar-refractivity contribution in [3.8, 4) is 0 Å². The van der Waals surface area contributed by atoms with Crippen molar-refractivity contribution in [2.75, 3.05) is 12.4 Å². The number of carbonyl (C=O) groups excluding carboxylic acids is 1. The van der Waals surface area contributed by atoms with Crippen LogP contribution in [0.15, 0.2) is 0 Å². The molecular formula is C14H25NO6S2. The first kappa shape index (κ1) is 19.3. The van der Waals surface area contributed by atoms with Gasteiger partial charge in [0.25, 0.3) is 0 Å². The molecule has 1 unspecified atom stereocenters. The SMILES string of the molecule is O=C(CCCCC1CCSS1)N[C@@H]1O[C@H](CO)[C@H](O)[C@H](O)[C@H]1O. The molecule has 0 spiro atoms. The highest BCUT2D eigenvalue weighted by Crippen LogP contribution is 2.39. The van der Waals surface area contributed by atoms with Gasteiger partial charge in [0.15, 0.2) is 6.23 Å². The molecule has 23 heavy (non-hydrogen) atoms. The van der Waals surface area contributed by atoms with E-state index in [1.54, 1.807) is 0 Å². The zero-order valence-electron chi connectivity index (χ0n) is 12.8. The lowest BCUT2D eigenvalue weighted by Crippen LogP contribution is -2.63. The highest BCUT2D eigenvalue weighted by molar-refractivity contribution is 8.77. The van der Waals surface area contributed by atoms with Crippen LogP contribution in [0.1, 0.15) is 32.1 Å². The molecule has 2 aliphatic heterocycles. The van der Waals surface area contributed by atoms with Crippen LogP contribution in [-0.2, 0) is 9.53 Å². The lowest BCUT2D eigenvalue weighted by Gasteiger charge is -2.40. The number of hydrogen-bond donors (Lipinski definition) is 5. The fourth-order valence-corrected chi connectivity index (χ4v) is 5.70. The van der Waals surface area contributed by atoms with E-state index in [-0.39, 0.29) is 5.91 Å². The molecule has 0 radical (unpaired) electrons. The zero-order chi connectivity index (χ0) is 16.8. The number of carbonyl (C=O) groups is 1. The Kier molecular flexibility index (Phi) is 7.93. The first-order valence-corrected chi connectivity index (χ1v) is 10.3. The van der Waals surface area contributed by atoms with E-state index in [2.05, 4.69) is 5.32 Å². The Bertz CT molecular complexity index is 380. The molecule has 0 aromatic rings. The summed E-state index contributed by atoms with van der Waals surface area (Å²) in [5, 5.41) is 41.5. The van der Waals surface area contributed by atoms with E-state index in [4.69, 9.17) is 9.84 Å². The molecule has 2 fully saturated rings. The van der Waals surface area contributed by atoms with Crippen LogP contribution in [0.3, 0.4) is 0 Å². The molecule has 0 aliphatic carbocycles. The molecule has 2 rings (SSSR count). The van der Waals surface area contributed by atoms with Crippen LogP contribution in [0.4, 0.5) is 0 Å². The van der Waals surface area contributed by atoms with Gasteiger partial charge in [-0.1, -0.05) is 28.0 Å². The maximum Gasteiger partial charge on any atom is 0.222 e. The second-order valence-electron chi connectivity index (χ2n) is 5.89. The van der Waals surface area contributed by atoms with Gasteiger partial charge in [-0.3, -0.25) is 4.79 Å². The maximum atomic E-state index is 11.9. The Hall–Kier alpha value is -0.0300. The van der Waals surface area contributed by atoms with E-state index in [9.17, 15) is 20.1 Å². The smallest absolute Gasteiger partial charge is 0.222 e. The van der Waals surface area contributed by atoms with Crippen LogP contribution in [0.2, 0.25) is 0 Å². The summed E-state index contributed by atoms with van der Waals surface area (Å²) in [5.74, 6) is 0.926. The van der Waals surface area contributed by atoms with Crippen molar-refractivity contribution in [1.82, 2.24) is 5.32 Å². The molecule has 0 aromatic carbocycles. The Balaban J connectivity index is 1.68. The van der Waals surface area contributed by atoms with E-state index in [0.29, 0.717) is 11.7 Å². The highest BCUT2D eigenvalue weighted by atomic mass is 33.1. The molecule has 9 heteroatoms. The molecule has 0 saturated carbocycles. The van der Waals surface area contributed by atoms with Crippen molar-refractivity contribution in [1.29, 1.82) is 0 Å². The van der Waals surface area contributed by atoms with Crippen molar-refractivity contribution in [2.45, 2.75) is 68.0 Å². The van der Waals surface area contributed by atoms with Crippen molar-refractivity contribution >= 4 is 27.5 Å². The van der Waals surface area contributed by atoms with Crippen LogP contribution in [0.25, 0.3) is 0 Å². The van der Waals surface area contributed by atoms with Gasteiger partial charge in [0, 0.05) is 17.4 Å². The third kappa shape index (κ3) is 5.48. The highest BCUT2D eigenvalue weighted by Gasteiger charge is 2.43. The number of amides is 1. The molecular weight excluding hydrogens is 342 g/mol. The molecule has 2 aliphatic rings. The first-order chi connectivity index (χ1) is 11.0. The van der Waals surface area contributed by atoms with Crippen LogP contribution < -0.4 is 5.32 Å². The van der Waals surface area contributed by atoms with Gasteiger partial charge >= 0.3 is 0 Å². The lowest BCUT2D eigenvalue weighted by atomic mass is 9.98. The van der Waals surface area contributed by atoms with Crippen molar-refractivity contribution in [3.05, 3.63) is 0 Å². The Morgan fingerprint density at radius 2 is 1.96 bits per heavy atom. The summed E-state index contributed by atoms with van der Waals surface area (Å²) in [6.45, 7) is -0.506. The van der Waals surface area contributed by atoms with Gasteiger partial charge in [0.2, 0.25) is 5.91 Å².